The molecule has 0 saturated heterocycles. The number of rotatable bonds is 5. The monoisotopic (exact) mass is 398 g/mol. The number of fused-ring (bicyclic) bond motifs is 1. The summed E-state index contributed by atoms with van der Waals surface area (Å²) < 4.78 is 1.99. The number of hydrogen-bond acceptors (Lipinski definition) is 3. The highest BCUT2D eigenvalue weighted by atomic mass is 16.2. The van der Waals surface area contributed by atoms with Gasteiger partial charge in [-0.2, -0.15) is 0 Å². The zero-order chi connectivity index (χ0) is 21.1. The third-order valence-electron chi connectivity index (χ3n) is 5.06. The molecule has 0 bridgehead atoms. The van der Waals surface area contributed by atoms with E-state index in [-0.39, 0.29) is 18.4 Å². The van der Waals surface area contributed by atoms with Gasteiger partial charge in [0.15, 0.2) is 0 Å². The summed E-state index contributed by atoms with van der Waals surface area (Å²) in [6.45, 7) is 3.85. The van der Waals surface area contributed by atoms with Gasteiger partial charge in [0.05, 0.1) is 17.6 Å². The predicted molar refractivity (Wildman–Crippen MR) is 118 cm³/mol. The van der Waals surface area contributed by atoms with Crippen molar-refractivity contribution in [2.24, 2.45) is 0 Å². The second-order valence-corrected chi connectivity index (χ2v) is 7.18. The molecule has 0 saturated carbocycles. The molecule has 6 nitrogen and oxygen atoms in total. The van der Waals surface area contributed by atoms with Crippen molar-refractivity contribution < 1.29 is 9.59 Å². The van der Waals surface area contributed by atoms with E-state index >= 15 is 0 Å². The Balaban J connectivity index is 1.36. The van der Waals surface area contributed by atoms with E-state index < -0.39 is 0 Å². The van der Waals surface area contributed by atoms with Crippen LogP contribution in [0.2, 0.25) is 0 Å². The van der Waals surface area contributed by atoms with Crippen molar-refractivity contribution in [1.29, 1.82) is 0 Å². The van der Waals surface area contributed by atoms with Crippen LogP contribution in [-0.4, -0.2) is 27.9 Å². The Morgan fingerprint density at radius 3 is 2.47 bits per heavy atom. The standard InChI is InChI=1S/C24H22N4O2/c1-16-7-8-18(13-17(16)2)24(30)25-14-23(29)27-19-9-11-20(12-10-19)28-15-26-21-5-3-4-6-22(21)28/h3-13,15H,14H2,1-2H3,(H,25,30)(H,27,29). The number of para-hydroxylation sites is 2. The lowest BCUT2D eigenvalue weighted by atomic mass is 10.1. The molecule has 0 aliphatic rings. The number of amides is 2. The highest BCUT2D eigenvalue weighted by Crippen LogP contribution is 2.19. The molecule has 3 aromatic carbocycles. The van der Waals surface area contributed by atoms with Crippen LogP contribution in [0.15, 0.2) is 73.1 Å². The molecule has 0 aliphatic heterocycles. The molecule has 0 aliphatic carbocycles. The Morgan fingerprint density at radius 2 is 1.70 bits per heavy atom. The number of carbonyl (C=O) groups excluding carboxylic acids is 2. The summed E-state index contributed by atoms with van der Waals surface area (Å²) in [5.74, 6) is -0.552. The highest BCUT2D eigenvalue weighted by molar-refractivity contribution is 5.99. The van der Waals surface area contributed by atoms with Crippen molar-refractivity contribution in [2.45, 2.75) is 13.8 Å². The fourth-order valence-electron chi connectivity index (χ4n) is 3.22. The second kappa shape index (κ2) is 8.21. The number of aromatic nitrogens is 2. The van der Waals surface area contributed by atoms with E-state index in [0.29, 0.717) is 11.3 Å². The van der Waals surface area contributed by atoms with E-state index in [1.54, 1.807) is 12.4 Å². The lowest BCUT2D eigenvalue weighted by molar-refractivity contribution is -0.115. The Morgan fingerprint density at radius 1 is 0.933 bits per heavy atom. The minimum Gasteiger partial charge on any atom is -0.343 e. The van der Waals surface area contributed by atoms with Gasteiger partial charge in [-0.15, -0.1) is 0 Å². The Bertz CT molecular complexity index is 1230. The van der Waals surface area contributed by atoms with E-state index in [1.807, 2.05) is 79.1 Å². The molecule has 0 atom stereocenters. The topological polar surface area (TPSA) is 76.0 Å². The molecule has 2 amide bonds. The number of hydrogen-bond donors (Lipinski definition) is 2. The largest absolute Gasteiger partial charge is 0.343 e. The third-order valence-corrected chi connectivity index (χ3v) is 5.06. The maximum Gasteiger partial charge on any atom is 0.251 e. The minimum atomic E-state index is -0.284. The molecular weight excluding hydrogens is 376 g/mol. The maximum absolute atomic E-state index is 12.2. The molecule has 4 aromatic rings. The summed E-state index contributed by atoms with van der Waals surface area (Å²) in [5.41, 5.74) is 6.26. The fraction of sp³-hybridized carbons (Fsp3) is 0.125. The molecular formula is C24H22N4O2. The van der Waals surface area contributed by atoms with E-state index in [1.165, 1.54) is 0 Å². The molecule has 1 heterocycles. The smallest absolute Gasteiger partial charge is 0.251 e. The van der Waals surface area contributed by atoms with Crippen molar-refractivity contribution in [3.05, 3.63) is 89.7 Å². The van der Waals surface area contributed by atoms with E-state index in [4.69, 9.17) is 0 Å². The Labute approximate surface area is 174 Å². The van der Waals surface area contributed by atoms with Crippen LogP contribution >= 0.6 is 0 Å². The van der Waals surface area contributed by atoms with Crippen LogP contribution < -0.4 is 10.6 Å². The molecule has 4 rings (SSSR count). The summed E-state index contributed by atoms with van der Waals surface area (Å²) in [6, 6.07) is 20.9. The van der Waals surface area contributed by atoms with Gasteiger partial charge in [-0.1, -0.05) is 18.2 Å². The summed E-state index contributed by atoms with van der Waals surface area (Å²) in [5, 5.41) is 5.46. The maximum atomic E-state index is 12.2. The first kappa shape index (κ1) is 19.4. The van der Waals surface area contributed by atoms with Gasteiger partial charge < -0.3 is 10.6 Å². The predicted octanol–water partition coefficient (Wildman–Crippen LogP) is 4.01. The first-order valence-corrected chi connectivity index (χ1v) is 9.69. The van der Waals surface area contributed by atoms with Gasteiger partial charge in [-0.3, -0.25) is 14.2 Å². The van der Waals surface area contributed by atoms with Crippen molar-refractivity contribution in [2.75, 3.05) is 11.9 Å². The molecule has 2 N–H and O–H groups in total. The Kier molecular flexibility index (Phi) is 5.30. The van der Waals surface area contributed by atoms with Gasteiger partial charge in [0.2, 0.25) is 5.91 Å². The van der Waals surface area contributed by atoms with Gasteiger partial charge in [0.25, 0.3) is 5.91 Å². The number of carbonyl (C=O) groups is 2. The van der Waals surface area contributed by atoms with Gasteiger partial charge >= 0.3 is 0 Å². The van der Waals surface area contributed by atoms with Crippen molar-refractivity contribution >= 4 is 28.5 Å². The fourth-order valence-corrected chi connectivity index (χ4v) is 3.22. The van der Waals surface area contributed by atoms with Crippen LogP contribution in [0.25, 0.3) is 16.7 Å². The highest BCUT2D eigenvalue weighted by Gasteiger charge is 2.10. The zero-order valence-corrected chi connectivity index (χ0v) is 16.8. The number of aryl methyl sites for hydroxylation is 2. The van der Waals surface area contributed by atoms with Crippen molar-refractivity contribution in [3.63, 3.8) is 0 Å². The first-order chi connectivity index (χ1) is 14.5. The van der Waals surface area contributed by atoms with Crippen molar-refractivity contribution in [1.82, 2.24) is 14.9 Å². The van der Waals surface area contributed by atoms with Gasteiger partial charge in [0.1, 0.15) is 6.33 Å². The van der Waals surface area contributed by atoms with Gasteiger partial charge in [-0.05, 0) is 73.5 Å². The number of nitrogens with zero attached hydrogens (tertiary/aromatic N) is 2. The molecule has 30 heavy (non-hydrogen) atoms. The van der Waals surface area contributed by atoms with Crippen LogP contribution in [0.5, 0.6) is 0 Å². The number of benzene rings is 3. The lowest BCUT2D eigenvalue weighted by Crippen LogP contribution is -2.32. The van der Waals surface area contributed by atoms with E-state index in [2.05, 4.69) is 15.6 Å². The summed E-state index contributed by atoms with van der Waals surface area (Å²) >= 11 is 0. The zero-order valence-electron chi connectivity index (χ0n) is 16.8. The average molecular weight is 398 g/mol. The molecule has 0 fully saturated rings. The van der Waals surface area contributed by atoms with Crippen LogP contribution in [0.3, 0.4) is 0 Å². The molecule has 6 heteroatoms. The molecule has 0 radical (unpaired) electrons. The molecule has 0 unspecified atom stereocenters. The third kappa shape index (κ3) is 4.07. The first-order valence-electron chi connectivity index (χ1n) is 9.69. The Hall–Kier alpha value is -3.93. The summed E-state index contributed by atoms with van der Waals surface area (Å²) in [6.07, 6.45) is 1.78. The molecule has 1 aromatic heterocycles. The van der Waals surface area contributed by atoms with Crippen LogP contribution in [0.4, 0.5) is 5.69 Å². The normalized spacial score (nSPS) is 10.7. The van der Waals surface area contributed by atoms with Gasteiger partial charge in [-0.25, -0.2) is 4.98 Å². The van der Waals surface area contributed by atoms with Crippen molar-refractivity contribution in [3.8, 4) is 5.69 Å². The number of nitrogens with one attached hydrogen (secondary N) is 2. The quantitative estimate of drug-likeness (QED) is 0.533. The van der Waals surface area contributed by atoms with Crippen LogP contribution in [0.1, 0.15) is 21.5 Å². The SMILES string of the molecule is Cc1ccc(C(=O)NCC(=O)Nc2ccc(-n3cnc4ccccc43)cc2)cc1C. The number of imidazole rings is 1. The molecule has 0 spiro atoms. The van der Waals surface area contributed by atoms with Gasteiger partial charge in [0, 0.05) is 16.9 Å². The summed E-state index contributed by atoms with van der Waals surface area (Å²) in [7, 11) is 0. The minimum absolute atomic E-state index is 0.0976. The molecule has 150 valence electrons. The van der Waals surface area contributed by atoms with Crippen LogP contribution in [-0.2, 0) is 4.79 Å². The van der Waals surface area contributed by atoms with Crippen LogP contribution in [0, 0.1) is 13.8 Å². The van der Waals surface area contributed by atoms with E-state index in [0.717, 1.165) is 27.8 Å². The average Bonchev–Trinajstić information content (AvgIpc) is 3.19. The number of anilines is 1. The second-order valence-electron chi connectivity index (χ2n) is 7.18. The summed E-state index contributed by atoms with van der Waals surface area (Å²) in [4.78, 5) is 28.9. The lowest BCUT2D eigenvalue weighted by Gasteiger charge is -2.09. The van der Waals surface area contributed by atoms with E-state index in [9.17, 15) is 9.59 Å².